The molecule has 0 saturated heterocycles. The highest BCUT2D eigenvalue weighted by atomic mass is 19.1. The topological polar surface area (TPSA) is 103 Å². The predicted octanol–water partition coefficient (Wildman–Crippen LogP) is 27.0. The molecule has 0 aliphatic rings. The van der Waals surface area contributed by atoms with E-state index in [2.05, 4.69) is 231 Å². The summed E-state index contributed by atoms with van der Waals surface area (Å²) < 4.78 is 40.8. The second kappa shape index (κ2) is 38.9. The first-order valence-corrected chi connectivity index (χ1v) is 37.8. The summed E-state index contributed by atoms with van der Waals surface area (Å²) in [5.74, 6) is -1.17. The summed E-state index contributed by atoms with van der Waals surface area (Å²) in [7, 11) is 0. The van der Waals surface area contributed by atoms with Crippen LogP contribution in [-0.4, -0.2) is 39.9 Å². The van der Waals surface area contributed by atoms with E-state index < -0.39 is 11.6 Å². The normalized spacial score (nSPS) is 10.5. The lowest BCUT2D eigenvalue weighted by Crippen LogP contribution is -1.90. The summed E-state index contributed by atoms with van der Waals surface area (Å²) in [5, 5.41) is 2.57. The smallest absolute Gasteiger partial charge is 0.129 e. The molecule has 115 heavy (non-hydrogen) atoms. The van der Waals surface area contributed by atoms with Crippen molar-refractivity contribution in [1.82, 2.24) is 39.9 Å². The Kier molecular flexibility index (Phi) is 26.6. The lowest BCUT2D eigenvalue weighted by Gasteiger charge is -2.11. The Morgan fingerprint density at radius 3 is 0.835 bits per heavy atom. The molecule has 18 rings (SSSR count). The van der Waals surface area contributed by atoms with Crippen LogP contribution in [-0.2, 0) is 0 Å². The highest BCUT2D eigenvalue weighted by molar-refractivity contribution is 5.88. The van der Waals surface area contributed by atoms with Gasteiger partial charge in [-0.3, -0.25) is 19.9 Å². The van der Waals surface area contributed by atoms with E-state index in [1.165, 1.54) is 120 Å². The number of aryl methyl sites for hydroxylation is 4. The van der Waals surface area contributed by atoms with Crippen molar-refractivity contribution in [3.05, 3.63) is 447 Å². The van der Waals surface area contributed by atoms with Crippen LogP contribution in [0.4, 0.5) is 13.2 Å². The third kappa shape index (κ3) is 21.5. The molecule has 6 heterocycles. The van der Waals surface area contributed by atoms with Crippen LogP contribution in [0.15, 0.2) is 396 Å². The first-order valence-electron chi connectivity index (χ1n) is 37.8. The number of hydrogen-bond acceptors (Lipinski definition) is 8. The molecule has 18 aromatic rings. The molecule has 6 aromatic heterocycles. The average Bonchev–Trinajstić information content (AvgIpc) is 0.818. The highest BCUT2D eigenvalue weighted by Gasteiger charge is 2.13. The second-order valence-electron chi connectivity index (χ2n) is 27.8. The molecule has 8 nitrogen and oxygen atoms in total. The van der Waals surface area contributed by atoms with Crippen LogP contribution in [0.3, 0.4) is 0 Å². The van der Waals surface area contributed by atoms with Gasteiger partial charge in [0.25, 0.3) is 0 Å². The van der Waals surface area contributed by atoms with Crippen molar-refractivity contribution in [2.45, 2.75) is 41.5 Å². The van der Waals surface area contributed by atoms with E-state index in [4.69, 9.17) is 0 Å². The van der Waals surface area contributed by atoms with Crippen LogP contribution in [0.25, 0.3) is 133 Å². The second-order valence-corrected chi connectivity index (χ2v) is 27.8. The van der Waals surface area contributed by atoms with E-state index in [9.17, 15) is 13.2 Å². The third-order valence-corrected chi connectivity index (χ3v) is 19.2. The number of rotatable bonds is 11. The van der Waals surface area contributed by atoms with E-state index in [1.807, 2.05) is 196 Å². The maximum absolute atomic E-state index is 14.2. The van der Waals surface area contributed by atoms with Crippen LogP contribution < -0.4 is 0 Å². The molecule has 0 aliphatic carbocycles. The van der Waals surface area contributed by atoms with Crippen molar-refractivity contribution in [2.24, 2.45) is 0 Å². The molecule has 0 unspecified atom stereocenters. The summed E-state index contributed by atoms with van der Waals surface area (Å²) >= 11 is 0. The maximum Gasteiger partial charge on any atom is 0.129 e. The number of benzene rings is 12. The molecule has 0 aliphatic heterocycles. The minimum Gasteiger partial charge on any atom is -0.265 e. The maximum atomic E-state index is 14.2. The molecular weight excluding hydrogens is 1420 g/mol. The minimum absolute atomic E-state index is 0.0645. The summed E-state index contributed by atoms with van der Waals surface area (Å²) in [6, 6.07) is 104. The molecule has 0 bridgehead atoms. The molecule has 0 amide bonds. The van der Waals surface area contributed by atoms with Crippen LogP contribution in [0.5, 0.6) is 0 Å². The van der Waals surface area contributed by atoms with Gasteiger partial charge >= 0.3 is 0 Å². The van der Waals surface area contributed by atoms with Crippen LogP contribution >= 0.6 is 0 Å². The van der Waals surface area contributed by atoms with Gasteiger partial charge < -0.3 is 0 Å². The Morgan fingerprint density at radius 1 is 0.174 bits per heavy atom. The van der Waals surface area contributed by atoms with Crippen LogP contribution in [0.2, 0.25) is 0 Å². The van der Waals surface area contributed by atoms with Gasteiger partial charge in [0.2, 0.25) is 0 Å². The highest BCUT2D eigenvalue weighted by Crippen LogP contribution is 2.35. The number of nitrogens with zero attached hydrogens (tertiary/aromatic N) is 8. The molecule has 0 spiro atoms. The fourth-order valence-electron chi connectivity index (χ4n) is 13.4. The minimum atomic E-state index is -0.506. The van der Waals surface area contributed by atoms with E-state index in [1.54, 1.807) is 18.5 Å². The van der Waals surface area contributed by atoms with Crippen molar-refractivity contribution in [3.63, 3.8) is 0 Å². The number of fused-ring (bicyclic) bond motifs is 1. The molecule has 0 N–H and O–H groups in total. The average molecular weight is 1500 g/mol. The zero-order valence-electron chi connectivity index (χ0n) is 64.7. The lowest BCUT2D eigenvalue weighted by atomic mass is 9.95. The number of hydrogen-bond donors (Lipinski definition) is 0. The Balaban J connectivity index is 0.000000121. The summed E-state index contributed by atoms with van der Waals surface area (Å²) in [4.78, 5) is 32.7. The van der Waals surface area contributed by atoms with Crippen LogP contribution in [0.1, 0.15) is 33.4 Å². The number of halogens is 3. The van der Waals surface area contributed by atoms with Crippen LogP contribution in [0, 0.1) is 59.0 Å². The van der Waals surface area contributed by atoms with Gasteiger partial charge in [-0.15, -0.1) is 0 Å². The van der Waals surface area contributed by atoms with Gasteiger partial charge in [0, 0.05) is 102 Å². The van der Waals surface area contributed by atoms with Gasteiger partial charge in [0.1, 0.15) is 30.1 Å². The molecule has 0 fully saturated rings. The lowest BCUT2D eigenvalue weighted by molar-refractivity contribution is 0.569. The Bertz CT molecular complexity index is 5670. The van der Waals surface area contributed by atoms with Crippen molar-refractivity contribution < 1.29 is 13.2 Å². The molecular formula is C104H83F3N8. The van der Waals surface area contributed by atoms with Crippen molar-refractivity contribution >= 4 is 10.8 Å². The molecule has 0 atom stereocenters. The number of aromatic nitrogens is 8. The molecule has 560 valence electrons. The summed E-state index contributed by atoms with van der Waals surface area (Å²) in [5.41, 5.74) is 29.8. The predicted molar refractivity (Wildman–Crippen MR) is 467 cm³/mol. The van der Waals surface area contributed by atoms with Gasteiger partial charge in [-0.1, -0.05) is 218 Å². The largest absolute Gasteiger partial charge is 0.265 e. The monoisotopic (exact) mass is 1500 g/mol. The van der Waals surface area contributed by atoms with Gasteiger partial charge in [-0.25, -0.2) is 33.1 Å². The summed E-state index contributed by atoms with van der Waals surface area (Å²) in [6.07, 6.45) is 25.0. The van der Waals surface area contributed by atoms with Gasteiger partial charge in [0.05, 0.1) is 0 Å². The Morgan fingerprint density at radius 2 is 0.461 bits per heavy atom. The van der Waals surface area contributed by atoms with E-state index in [0.29, 0.717) is 11.1 Å². The van der Waals surface area contributed by atoms with E-state index in [-0.39, 0.29) is 11.4 Å². The SMILES string of the molecule is Cc1c(F)cc(-c2ccccc2)cc1-c1ccccc1.Cc1c(F)cc(-c2ccccc2)cc1F.Cc1cc(-c2ccccc2)cc(-c2ccc3ccccc3c2)c1.Cc1cc(-c2cccnc2)cc(-c2cccnc2)c1.Cc1cc(-c2ccncc2)cc(-c2ccncc2)c1.Cc1cc(-c2cncnc2)cc(-c2cncnc2)c1. The van der Waals surface area contributed by atoms with Crippen molar-refractivity contribution in [1.29, 1.82) is 0 Å². The summed E-state index contributed by atoms with van der Waals surface area (Å²) in [6.45, 7) is 11.7. The van der Waals surface area contributed by atoms with Gasteiger partial charge in [-0.2, -0.15) is 0 Å². The fourth-order valence-corrected chi connectivity index (χ4v) is 13.4. The quantitative estimate of drug-likeness (QED) is 0.126. The van der Waals surface area contributed by atoms with Crippen molar-refractivity contribution in [2.75, 3.05) is 0 Å². The Hall–Kier alpha value is -14.6. The number of pyridine rings is 4. The third-order valence-electron chi connectivity index (χ3n) is 19.2. The first kappa shape index (κ1) is 78.6. The van der Waals surface area contributed by atoms with Gasteiger partial charge in [-0.05, 0) is 271 Å². The van der Waals surface area contributed by atoms with Gasteiger partial charge in [0.15, 0.2) is 0 Å². The van der Waals surface area contributed by atoms with Crippen molar-refractivity contribution in [3.8, 4) is 122 Å². The molecule has 0 radical (unpaired) electrons. The fraction of sp³-hybridized carbons (Fsp3) is 0.0577. The Labute approximate surface area is 670 Å². The standard InChI is InChI=1S/C23H18.C19H15F.2C17H14N2.C15H12N4.C13H10F2/c1-17-13-22(18-7-3-2-4-8-18)16-23(14-17)21-12-11-19-9-5-6-10-20(19)15-21;1-14-18(16-10-6-3-7-11-16)12-17(13-19(14)20)15-8-4-2-5-9-15;1-13-10-16(14-2-6-18-7-3-14)12-17(11-13)15-4-8-19-9-5-15;1-13-8-16(14-4-2-6-18-11-14)10-17(9-13)15-5-3-7-19-12-15;1-11-2-12(14-5-16-9-17-6-14)4-13(3-11)15-7-18-10-19-8-15;1-9-12(14)7-11(8-13(9)15)10-5-3-2-4-6-10/h2-16H,1H3;2-13H,1H3;2*2-12H,1H3;2-10H,1H3;2-8H,1H3. The zero-order chi connectivity index (χ0) is 79.7. The molecule has 0 saturated carbocycles. The first-order chi connectivity index (χ1) is 56.2. The van der Waals surface area contributed by atoms with E-state index >= 15 is 0 Å². The molecule has 12 aromatic carbocycles. The molecule has 11 heteroatoms. The van der Waals surface area contributed by atoms with E-state index in [0.717, 1.165) is 61.2 Å². The zero-order valence-corrected chi connectivity index (χ0v) is 64.7.